The Kier molecular flexibility index (Phi) is 5.96. The van der Waals surface area contributed by atoms with E-state index in [1.807, 2.05) is 4.90 Å². The van der Waals surface area contributed by atoms with Gasteiger partial charge in [-0.3, -0.25) is 19.7 Å². The van der Waals surface area contributed by atoms with E-state index in [4.69, 9.17) is 9.47 Å². The highest BCUT2D eigenvalue weighted by Crippen LogP contribution is 2.50. The summed E-state index contributed by atoms with van der Waals surface area (Å²) in [6, 6.07) is 3.88. The number of carbonyl (C=O) groups is 2. The highest BCUT2D eigenvalue weighted by atomic mass is 19.1. The number of H-pyrrole nitrogens is 1. The van der Waals surface area contributed by atoms with E-state index < -0.39 is 11.6 Å². The number of rotatable bonds is 5. The van der Waals surface area contributed by atoms with Crippen molar-refractivity contribution in [2.24, 2.45) is 5.92 Å². The minimum absolute atomic E-state index is 0.0988. The molecule has 3 aliphatic rings. The number of amides is 2. The van der Waals surface area contributed by atoms with Gasteiger partial charge in [0.15, 0.2) is 5.82 Å². The molecule has 0 bridgehead atoms. The fourth-order valence-electron chi connectivity index (χ4n) is 5.46. The van der Waals surface area contributed by atoms with Gasteiger partial charge in [-0.05, 0) is 31.7 Å². The maximum Gasteiger partial charge on any atom is 0.272 e. The molecule has 3 aromatic rings. The summed E-state index contributed by atoms with van der Waals surface area (Å²) in [5.74, 6) is -1.06. The third-order valence-corrected chi connectivity index (χ3v) is 7.63. The van der Waals surface area contributed by atoms with Crippen LogP contribution in [-0.4, -0.2) is 62.7 Å². The van der Waals surface area contributed by atoms with Crippen LogP contribution in [0.4, 0.5) is 8.78 Å². The first-order chi connectivity index (χ1) is 18.4. The molecule has 1 aliphatic carbocycles. The fourth-order valence-corrected chi connectivity index (χ4v) is 5.46. The van der Waals surface area contributed by atoms with Gasteiger partial charge in [-0.25, -0.2) is 13.8 Å². The molecule has 1 spiro atoms. The summed E-state index contributed by atoms with van der Waals surface area (Å²) in [6.07, 6.45) is 5.38. The highest BCUT2D eigenvalue weighted by molar-refractivity contribution is 5.94. The number of halogens is 2. The van der Waals surface area contributed by atoms with E-state index in [0.29, 0.717) is 43.9 Å². The molecule has 0 aromatic carbocycles. The first-order valence-corrected chi connectivity index (χ1v) is 12.5. The van der Waals surface area contributed by atoms with Gasteiger partial charge in [-0.1, -0.05) is 0 Å². The Bertz CT molecular complexity index is 1410. The van der Waals surface area contributed by atoms with Crippen molar-refractivity contribution >= 4 is 11.8 Å². The largest absolute Gasteiger partial charge is 0.491 e. The molecule has 2 aliphatic heterocycles. The Morgan fingerprint density at radius 1 is 1.18 bits per heavy atom. The number of piperidine rings is 1. The molecule has 1 saturated carbocycles. The molecule has 2 fully saturated rings. The second kappa shape index (κ2) is 9.34. The number of carbonyl (C=O) groups excluding carboxylic acids is 2. The van der Waals surface area contributed by atoms with Gasteiger partial charge in [0.1, 0.15) is 23.0 Å². The molecule has 5 heterocycles. The Hall–Kier alpha value is -4.09. The van der Waals surface area contributed by atoms with E-state index in [1.54, 1.807) is 0 Å². The van der Waals surface area contributed by atoms with Crippen LogP contribution in [0.3, 0.4) is 0 Å². The number of hydrogen-bond acceptors (Lipinski definition) is 7. The number of hydrogen-bond donors (Lipinski definition) is 2. The van der Waals surface area contributed by atoms with E-state index in [2.05, 4.69) is 25.5 Å². The number of ether oxygens (including phenoxy) is 2. The van der Waals surface area contributed by atoms with Crippen LogP contribution >= 0.6 is 0 Å². The summed E-state index contributed by atoms with van der Waals surface area (Å²) in [5, 5.41) is 9.95. The summed E-state index contributed by atoms with van der Waals surface area (Å²) in [7, 11) is 1.43. The Morgan fingerprint density at radius 3 is 2.82 bits per heavy atom. The topological polar surface area (TPSA) is 122 Å². The average molecular weight is 525 g/mol. The summed E-state index contributed by atoms with van der Waals surface area (Å²) in [5.41, 5.74) is 0.842. The Labute approximate surface area is 216 Å². The van der Waals surface area contributed by atoms with Gasteiger partial charge >= 0.3 is 0 Å². The molecule has 198 valence electrons. The summed E-state index contributed by atoms with van der Waals surface area (Å²) < 4.78 is 38.4. The normalized spacial score (nSPS) is 21.4. The number of aromatic nitrogens is 4. The van der Waals surface area contributed by atoms with Gasteiger partial charge in [0, 0.05) is 42.1 Å². The lowest BCUT2D eigenvalue weighted by Crippen LogP contribution is -2.51. The van der Waals surface area contributed by atoms with Crippen molar-refractivity contribution in [1.29, 1.82) is 0 Å². The SMILES string of the molecule is COc1cc(-c2cc(C(=O)N3CCC(C(=O)NC4CCOc5cc(F)cnc54)CC34CC4)[nH]n2)c(F)cn1. The lowest BCUT2D eigenvalue weighted by Gasteiger charge is -2.40. The zero-order chi connectivity index (χ0) is 26.4. The number of pyridine rings is 2. The van der Waals surface area contributed by atoms with Crippen LogP contribution in [0.25, 0.3) is 11.3 Å². The van der Waals surface area contributed by atoms with Gasteiger partial charge in [-0.15, -0.1) is 0 Å². The number of methoxy groups -OCH3 is 1. The maximum absolute atomic E-state index is 14.3. The molecule has 2 amide bonds. The van der Waals surface area contributed by atoms with Crippen LogP contribution in [-0.2, 0) is 4.79 Å². The van der Waals surface area contributed by atoms with Gasteiger partial charge in [0.25, 0.3) is 5.91 Å². The van der Waals surface area contributed by atoms with Crippen molar-refractivity contribution in [2.45, 2.75) is 43.7 Å². The number of nitrogens with one attached hydrogen (secondary N) is 2. The van der Waals surface area contributed by atoms with E-state index in [-0.39, 0.29) is 52.1 Å². The number of nitrogens with zero attached hydrogens (tertiary/aromatic N) is 4. The molecule has 2 atom stereocenters. The lowest BCUT2D eigenvalue weighted by molar-refractivity contribution is -0.128. The highest BCUT2D eigenvalue weighted by Gasteiger charge is 2.54. The van der Waals surface area contributed by atoms with E-state index >= 15 is 0 Å². The summed E-state index contributed by atoms with van der Waals surface area (Å²) in [4.78, 5) is 36.4. The van der Waals surface area contributed by atoms with Crippen LogP contribution < -0.4 is 14.8 Å². The first-order valence-electron chi connectivity index (χ1n) is 12.5. The first kappa shape index (κ1) is 24.3. The monoisotopic (exact) mass is 524 g/mol. The predicted octanol–water partition coefficient (Wildman–Crippen LogP) is 3.18. The van der Waals surface area contributed by atoms with Crippen LogP contribution in [0.1, 0.15) is 54.3 Å². The fraction of sp³-hybridized carbons (Fsp3) is 0.423. The molecule has 6 rings (SSSR count). The van der Waals surface area contributed by atoms with Crippen molar-refractivity contribution in [3.05, 3.63) is 53.6 Å². The number of aromatic amines is 1. The van der Waals surface area contributed by atoms with Crippen molar-refractivity contribution in [2.75, 3.05) is 20.3 Å². The molecular weight excluding hydrogens is 498 g/mol. The Balaban J connectivity index is 1.14. The predicted molar refractivity (Wildman–Crippen MR) is 129 cm³/mol. The van der Waals surface area contributed by atoms with Crippen molar-refractivity contribution in [1.82, 2.24) is 30.4 Å². The quantitative estimate of drug-likeness (QED) is 0.526. The average Bonchev–Trinajstić information content (AvgIpc) is 3.49. The summed E-state index contributed by atoms with van der Waals surface area (Å²) >= 11 is 0. The summed E-state index contributed by atoms with van der Waals surface area (Å²) in [6.45, 7) is 0.777. The molecule has 1 saturated heterocycles. The number of likely N-dealkylation sites (tertiary alicyclic amines) is 1. The van der Waals surface area contributed by atoms with E-state index in [9.17, 15) is 18.4 Å². The minimum Gasteiger partial charge on any atom is -0.491 e. The standard InChI is InChI=1S/C26H26F2N6O4/c1-37-22-9-16(17(28)13-29-22)19-10-20(33-32-19)25(36)34-6-2-14(11-26(34)4-5-26)24(35)31-18-3-7-38-21-8-15(27)12-30-23(18)21/h8-10,12-14,18H,2-7,11H2,1H3,(H,31,35)(H,32,33). The molecule has 0 radical (unpaired) electrons. The maximum atomic E-state index is 14.3. The second-order valence-electron chi connectivity index (χ2n) is 9.98. The lowest BCUT2D eigenvalue weighted by atomic mass is 9.87. The molecule has 2 N–H and O–H groups in total. The molecular formula is C26H26F2N6O4. The molecule has 12 heteroatoms. The van der Waals surface area contributed by atoms with Crippen molar-refractivity contribution in [3.8, 4) is 22.9 Å². The van der Waals surface area contributed by atoms with Gasteiger partial charge in [0.05, 0.1) is 37.8 Å². The van der Waals surface area contributed by atoms with Gasteiger partial charge < -0.3 is 19.7 Å². The second-order valence-corrected chi connectivity index (χ2v) is 9.98. The zero-order valence-corrected chi connectivity index (χ0v) is 20.7. The van der Waals surface area contributed by atoms with Crippen LogP contribution in [0, 0.1) is 17.6 Å². The number of fused-ring (bicyclic) bond motifs is 1. The minimum atomic E-state index is -0.575. The molecule has 38 heavy (non-hydrogen) atoms. The van der Waals surface area contributed by atoms with Crippen molar-refractivity contribution < 1.29 is 27.8 Å². The van der Waals surface area contributed by atoms with Gasteiger partial charge in [0.2, 0.25) is 11.8 Å². The third kappa shape index (κ3) is 4.33. The van der Waals surface area contributed by atoms with Crippen molar-refractivity contribution in [3.63, 3.8) is 0 Å². The van der Waals surface area contributed by atoms with E-state index in [0.717, 1.165) is 25.2 Å². The van der Waals surface area contributed by atoms with Gasteiger partial charge in [-0.2, -0.15) is 5.10 Å². The van der Waals surface area contributed by atoms with Crippen LogP contribution in [0.5, 0.6) is 11.6 Å². The Morgan fingerprint density at radius 2 is 2.03 bits per heavy atom. The van der Waals surface area contributed by atoms with E-state index in [1.165, 1.54) is 25.3 Å². The van der Waals surface area contributed by atoms with Crippen LogP contribution in [0.2, 0.25) is 0 Å². The third-order valence-electron chi connectivity index (χ3n) is 7.63. The molecule has 3 aromatic heterocycles. The molecule has 2 unspecified atom stereocenters. The molecule has 10 nitrogen and oxygen atoms in total. The zero-order valence-electron chi connectivity index (χ0n) is 20.7. The smallest absolute Gasteiger partial charge is 0.272 e. The van der Waals surface area contributed by atoms with Crippen LogP contribution in [0.15, 0.2) is 30.6 Å².